The lowest BCUT2D eigenvalue weighted by Crippen LogP contribution is -2.20. The first-order chi connectivity index (χ1) is 10.7. The standard InChI is InChI=1S/C21H38O/c1-17-12-13-20(14-18(17)2)9-6-4-3-5-8-19-10-7-11-21(15-19)16-22/h16-21H,3-15H2,1-2H3. The summed E-state index contributed by atoms with van der Waals surface area (Å²) >= 11 is 0. The predicted octanol–water partition coefficient (Wildman–Crippen LogP) is 6.40. The van der Waals surface area contributed by atoms with E-state index in [4.69, 9.17) is 0 Å². The topological polar surface area (TPSA) is 17.1 Å². The van der Waals surface area contributed by atoms with Gasteiger partial charge in [0.2, 0.25) is 0 Å². The summed E-state index contributed by atoms with van der Waals surface area (Å²) in [6.07, 6.45) is 19.2. The van der Waals surface area contributed by atoms with Crippen LogP contribution in [0.4, 0.5) is 0 Å². The van der Waals surface area contributed by atoms with Gasteiger partial charge in [-0.2, -0.15) is 0 Å². The van der Waals surface area contributed by atoms with E-state index < -0.39 is 0 Å². The van der Waals surface area contributed by atoms with Gasteiger partial charge in [-0.05, 0) is 42.9 Å². The number of rotatable bonds is 8. The van der Waals surface area contributed by atoms with E-state index in [1.165, 1.54) is 83.3 Å². The summed E-state index contributed by atoms with van der Waals surface area (Å²) in [6.45, 7) is 4.88. The number of aldehydes is 1. The molecular weight excluding hydrogens is 268 g/mol. The lowest BCUT2D eigenvalue weighted by atomic mass is 9.74. The van der Waals surface area contributed by atoms with Gasteiger partial charge in [-0.1, -0.05) is 78.1 Å². The molecule has 0 amide bonds. The van der Waals surface area contributed by atoms with E-state index in [0.717, 1.165) is 30.1 Å². The van der Waals surface area contributed by atoms with E-state index in [9.17, 15) is 4.79 Å². The summed E-state index contributed by atoms with van der Waals surface area (Å²) in [5.41, 5.74) is 0. The molecule has 5 atom stereocenters. The summed E-state index contributed by atoms with van der Waals surface area (Å²) in [5.74, 6) is 4.18. The molecule has 0 heterocycles. The van der Waals surface area contributed by atoms with Gasteiger partial charge < -0.3 is 4.79 Å². The van der Waals surface area contributed by atoms with Gasteiger partial charge in [-0.15, -0.1) is 0 Å². The highest BCUT2D eigenvalue weighted by Gasteiger charge is 2.24. The molecule has 0 radical (unpaired) electrons. The van der Waals surface area contributed by atoms with Crippen molar-refractivity contribution in [2.75, 3.05) is 0 Å². The minimum atomic E-state index is 0.384. The Balaban J connectivity index is 1.47. The molecule has 2 aliphatic rings. The smallest absolute Gasteiger partial charge is 0.123 e. The first-order valence-corrected chi connectivity index (χ1v) is 10.1. The normalized spacial score (nSPS) is 36.2. The van der Waals surface area contributed by atoms with Crippen LogP contribution in [0.5, 0.6) is 0 Å². The Kier molecular flexibility index (Phi) is 7.97. The van der Waals surface area contributed by atoms with Crippen molar-refractivity contribution in [3.63, 3.8) is 0 Å². The van der Waals surface area contributed by atoms with E-state index in [2.05, 4.69) is 13.8 Å². The van der Waals surface area contributed by atoms with Gasteiger partial charge >= 0.3 is 0 Å². The van der Waals surface area contributed by atoms with Crippen molar-refractivity contribution in [1.29, 1.82) is 0 Å². The maximum absolute atomic E-state index is 10.9. The van der Waals surface area contributed by atoms with Crippen molar-refractivity contribution >= 4 is 6.29 Å². The van der Waals surface area contributed by atoms with Crippen molar-refractivity contribution in [1.82, 2.24) is 0 Å². The molecule has 0 spiro atoms. The van der Waals surface area contributed by atoms with Crippen LogP contribution in [0.15, 0.2) is 0 Å². The molecule has 2 aliphatic carbocycles. The molecule has 2 fully saturated rings. The molecule has 0 aromatic carbocycles. The fourth-order valence-corrected chi connectivity index (χ4v) is 4.86. The van der Waals surface area contributed by atoms with Crippen molar-refractivity contribution in [3.8, 4) is 0 Å². The van der Waals surface area contributed by atoms with Crippen LogP contribution in [0.3, 0.4) is 0 Å². The molecule has 128 valence electrons. The fraction of sp³-hybridized carbons (Fsp3) is 0.952. The summed E-state index contributed by atoms with van der Waals surface area (Å²) in [5, 5.41) is 0. The van der Waals surface area contributed by atoms with Crippen molar-refractivity contribution in [2.45, 2.75) is 97.3 Å². The van der Waals surface area contributed by atoms with Gasteiger partial charge in [0, 0.05) is 5.92 Å². The summed E-state index contributed by atoms with van der Waals surface area (Å²) < 4.78 is 0. The monoisotopic (exact) mass is 306 g/mol. The van der Waals surface area contributed by atoms with E-state index in [0.29, 0.717) is 5.92 Å². The van der Waals surface area contributed by atoms with Crippen LogP contribution in [-0.4, -0.2) is 6.29 Å². The second-order valence-electron chi connectivity index (χ2n) is 8.55. The Morgan fingerprint density at radius 2 is 1.45 bits per heavy atom. The summed E-state index contributed by atoms with van der Waals surface area (Å²) in [6, 6.07) is 0. The van der Waals surface area contributed by atoms with Crippen LogP contribution in [-0.2, 0) is 4.79 Å². The van der Waals surface area contributed by atoms with E-state index in [-0.39, 0.29) is 0 Å². The van der Waals surface area contributed by atoms with Crippen molar-refractivity contribution < 1.29 is 4.79 Å². The molecule has 5 unspecified atom stereocenters. The Hall–Kier alpha value is -0.330. The van der Waals surface area contributed by atoms with E-state index >= 15 is 0 Å². The third kappa shape index (κ3) is 6.05. The molecule has 0 aromatic rings. The van der Waals surface area contributed by atoms with Crippen LogP contribution in [0.1, 0.15) is 97.3 Å². The largest absolute Gasteiger partial charge is 0.303 e. The average Bonchev–Trinajstić information content (AvgIpc) is 2.54. The highest BCUT2D eigenvalue weighted by atomic mass is 16.1. The van der Waals surface area contributed by atoms with Crippen molar-refractivity contribution in [2.24, 2.45) is 29.6 Å². The summed E-state index contributed by atoms with van der Waals surface area (Å²) in [4.78, 5) is 10.9. The van der Waals surface area contributed by atoms with Crippen LogP contribution in [0.2, 0.25) is 0 Å². The van der Waals surface area contributed by atoms with Crippen LogP contribution < -0.4 is 0 Å². The number of hydrogen-bond donors (Lipinski definition) is 0. The SMILES string of the molecule is CC1CCC(CCCCCCC2CCCC(C=O)C2)CC1C. The molecule has 2 rings (SSSR count). The second kappa shape index (κ2) is 9.73. The third-order valence-electron chi connectivity index (χ3n) is 6.70. The molecule has 0 bridgehead atoms. The Morgan fingerprint density at radius 3 is 2.09 bits per heavy atom. The fourth-order valence-electron chi connectivity index (χ4n) is 4.86. The zero-order valence-electron chi connectivity index (χ0n) is 15.1. The number of unbranched alkanes of at least 4 members (excludes halogenated alkanes) is 3. The Labute approximate surface area is 138 Å². The minimum Gasteiger partial charge on any atom is -0.303 e. The Morgan fingerprint density at radius 1 is 0.773 bits per heavy atom. The molecule has 0 aromatic heterocycles. The zero-order valence-corrected chi connectivity index (χ0v) is 15.1. The number of carbonyl (C=O) groups excluding carboxylic acids is 1. The van der Waals surface area contributed by atoms with Gasteiger partial charge in [0.15, 0.2) is 0 Å². The summed E-state index contributed by atoms with van der Waals surface area (Å²) in [7, 11) is 0. The zero-order chi connectivity index (χ0) is 15.8. The van der Waals surface area contributed by atoms with E-state index in [1.54, 1.807) is 0 Å². The van der Waals surface area contributed by atoms with Crippen LogP contribution in [0.25, 0.3) is 0 Å². The first-order valence-electron chi connectivity index (χ1n) is 10.1. The van der Waals surface area contributed by atoms with Crippen LogP contribution >= 0.6 is 0 Å². The predicted molar refractivity (Wildman–Crippen MR) is 94.9 cm³/mol. The first kappa shape index (κ1) is 18.0. The maximum atomic E-state index is 10.9. The minimum absolute atomic E-state index is 0.384. The van der Waals surface area contributed by atoms with Crippen LogP contribution in [0, 0.1) is 29.6 Å². The Bertz CT molecular complexity index is 311. The molecule has 22 heavy (non-hydrogen) atoms. The molecule has 1 nitrogen and oxygen atoms in total. The second-order valence-corrected chi connectivity index (χ2v) is 8.55. The van der Waals surface area contributed by atoms with Gasteiger partial charge in [-0.3, -0.25) is 0 Å². The highest BCUT2D eigenvalue weighted by Crippen LogP contribution is 2.36. The average molecular weight is 307 g/mol. The molecule has 0 N–H and O–H groups in total. The van der Waals surface area contributed by atoms with E-state index in [1.807, 2.05) is 0 Å². The molecule has 2 saturated carbocycles. The molecule has 1 heteroatoms. The molecule has 0 saturated heterocycles. The molecule has 0 aliphatic heterocycles. The van der Waals surface area contributed by atoms with Gasteiger partial charge in [0.25, 0.3) is 0 Å². The maximum Gasteiger partial charge on any atom is 0.123 e. The number of hydrogen-bond acceptors (Lipinski definition) is 1. The number of carbonyl (C=O) groups is 1. The third-order valence-corrected chi connectivity index (χ3v) is 6.70. The van der Waals surface area contributed by atoms with Gasteiger partial charge in [0.05, 0.1) is 0 Å². The molecular formula is C21H38O. The quantitative estimate of drug-likeness (QED) is 0.374. The van der Waals surface area contributed by atoms with Gasteiger partial charge in [-0.25, -0.2) is 0 Å². The lowest BCUT2D eigenvalue weighted by Gasteiger charge is -2.32. The lowest BCUT2D eigenvalue weighted by molar-refractivity contribution is -0.112. The van der Waals surface area contributed by atoms with Gasteiger partial charge in [0.1, 0.15) is 6.29 Å². The highest BCUT2D eigenvalue weighted by molar-refractivity contribution is 5.53. The van der Waals surface area contributed by atoms with Crippen molar-refractivity contribution in [3.05, 3.63) is 0 Å².